The van der Waals surface area contributed by atoms with Gasteiger partial charge in [0.15, 0.2) is 0 Å². The maximum atomic E-state index is 12.3. The average Bonchev–Trinajstić information content (AvgIpc) is 2.51. The lowest BCUT2D eigenvalue weighted by Gasteiger charge is -2.23. The third kappa shape index (κ3) is 4.74. The van der Waals surface area contributed by atoms with E-state index in [1.807, 2.05) is 0 Å². The Bertz CT molecular complexity index is 638. The van der Waals surface area contributed by atoms with Gasteiger partial charge >= 0.3 is 5.97 Å². The van der Waals surface area contributed by atoms with Crippen LogP contribution in [0, 0.1) is 0 Å². The molecule has 4 N–H and O–H groups in total. The number of nitrogens with one attached hydrogen (secondary N) is 1. The molecule has 1 rings (SSSR count). The van der Waals surface area contributed by atoms with Crippen LogP contribution < -0.4 is 10.6 Å². The minimum Gasteiger partial charge on any atom is -0.391 e. The van der Waals surface area contributed by atoms with Gasteiger partial charge in [0.05, 0.1) is 11.0 Å². The van der Waals surface area contributed by atoms with E-state index in [1.54, 1.807) is 12.1 Å². The second-order valence-corrected chi connectivity index (χ2v) is 7.75. The van der Waals surface area contributed by atoms with Crippen molar-refractivity contribution in [2.75, 3.05) is 0 Å². The Morgan fingerprint density at radius 1 is 1.35 bits per heavy atom. The van der Waals surface area contributed by atoms with E-state index in [0.717, 1.165) is 12.0 Å². The van der Waals surface area contributed by atoms with E-state index >= 15 is 0 Å². The molecular weight excluding hydrogens is 320 g/mol. The van der Waals surface area contributed by atoms with Gasteiger partial charge in [-0.15, -0.1) is 0 Å². The zero-order valence-corrected chi connectivity index (χ0v) is 14.6. The van der Waals surface area contributed by atoms with E-state index in [0.29, 0.717) is 0 Å². The Morgan fingerprint density at radius 2 is 1.87 bits per heavy atom. The van der Waals surface area contributed by atoms with E-state index < -0.39 is 28.1 Å². The fourth-order valence-electron chi connectivity index (χ4n) is 1.94. The summed E-state index contributed by atoms with van der Waals surface area (Å²) >= 11 is 0. The predicted molar refractivity (Wildman–Crippen MR) is 85.8 cm³/mol. The highest BCUT2D eigenvalue weighted by atomic mass is 32.2. The summed E-state index contributed by atoms with van der Waals surface area (Å²) < 4.78 is 26.8. The van der Waals surface area contributed by atoms with Crippen molar-refractivity contribution in [1.29, 1.82) is 0 Å². The van der Waals surface area contributed by atoms with E-state index in [9.17, 15) is 18.3 Å². The van der Waals surface area contributed by atoms with Gasteiger partial charge in [0.25, 0.3) is 0 Å². The van der Waals surface area contributed by atoms with Gasteiger partial charge in [-0.3, -0.25) is 0 Å². The average molecular weight is 344 g/mol. The van der Waals surface area contributed by atoms with E-state index in [1.165, 1.54) is 19.1 Å². The van der Waals surface area contributed by atoms with Crippen molar-refractivity contribution < 1.29 is 23.2 Å². The van der Waals surface area contributed by atoms with Gasteiger partial charge < -0.3 is 9.94 Å². The van der Waals surface area contributed by atoms with Crippen molar-refractivity contribution in [3.8, 4) is 0 Å². The van der Waals surface area contributed by atoms with Crippen molar-refractivity contribution in [3.63, 3.8) is 0 Å². The Morgan fingerprint density at radius 3 is 2.26 bits per heavy atom. The molecule has 0 amide bonds. The molecule has 0 saturated heterocycles. The standard InChI is InChI=1S/C15H24N2O5S/c1-5-15(3,4)11-6-8-12(9-7-11)23(20,21)17-13(10(2)18)14(19)22-16/h6-10,13,17-18H,5,16H2,1-4H3. The van der Waals surface area contributed by atoms with Gasteiger partial charge in [-0.2, -0.15) is 10.6 Å². The summed E-state index contributed by atoms with van der Waals surface area (Å²) in [6, 6.07) is 4.91. The van der Waals surface area contributed by atoms with Crippen LogP contribution >= 0.6 is 0 Å². The molecule has 1 aromatic rings. The summed E-state index contributed by atoms with van der Waals surface area (Å²) in [6.07, 6.45) is -0.386. The molecule has 0 heterocycles. The first-order valence-electron chi connectivity index (χ1n) is 7.26. The van der Waals surface area contributed by atoms with Crippen LogP contribution in [0.2, 0.25) is 0 Å². The van der Waals surface area contributed by atoms with Gasteiger partial charge in [0.2, 0.25) is 10.0 Å². The summed E-state index contributed by atoms with van der Waals surface area (Å²) in [7, 11) is -3.99. The van der Waals surface area contributed by atoms with Gasteiger partial charge in [0.1, 0.15) is 6.04 Å². The number of nitrogens with two attached hydrogens (primary N) is 1. The summed E-state index contributed by atoms with van der Waals surface area (Å²) in [4.78, 5) is 15.5. The number of aliphatic hydroxyl groups excluding tert-OH is 1. The van der Waals surface area contributed by atoms with Crippen molar-refractivity contribution >= 4 is 16.0 Å². The molecule has 0 spiro atoms. The van der Waals surface area contributed by atoms with Crippen molar-refractivity contribution in [2.45, 2.75) is 56.6 Å². The van der Waals surface area contributed by atoms with Crippen molar-refractivity contribution in [3.05, 3.63) is 29.8 Å². The fourth-order valence-corrected chi connectivity index (χ4v) is 3.20. The molecule has 0 aliphatic carbocycles. The Labute approximate surface area is 136 Å². The highest BCUT2D eigenvalue weighted by Gasteiger charge is 2.31. The van der Waals surface area contributed by atoms with Crippen LogP contribution in [0.25, 0.3) is 0 Å². The Kier molecular flexibility index (Phi) is 6.29. The topological polar surface area (TPSA) is 119 Å². The number of hydrogen-bond acceptors (Lipinski definition) is 6. The molecule has 23 heavy (non-hydrogen) atoms. The minimum absolute atomic E-state index is 0.0105. The monoisotopic (exact) mass is 344 g/mol. The van der Waals surface area contributed by atoms with Gasteiger partial charge in [-0.05, 0) is 36.5 Å². The van der Waals surface area contributed by atoms with Gasteiger partial charge in [0, 0.05) is 0 Å². The lowest BCUT2D eigenvalue weighted by molar-refractivity contribution is -0.148. The molecular formula is C15H24N2O5S. The zero-order chi connectivity index (χ0) is 17.8. The quantitative estimate of drug-likeness (QED) is 0.630. The SMILES string of the molecule is CCC(C)(C)c1ccc(S(=O)(=O)NC(C(=O)ON)C(C)O)cc1. The first-order valence-corrected chi connectivity index (χ1v) is 8.75. The van der Waals surface area contributed by atoms with Crippen molar-refractivity contribution in [2.24, 2.45) is 5.90 Å². The summed E-state index contributed by atoms with van der Waals surface area (Å²) in [5, 5.41) is 9.52. The van der Waals surface area contributed by atoms with Crippen LogP contribution in [0.15, 0.2) is 29.2 Å². The summed E-state index contributed by atoms with van der Waals surface area (Å²) in [6.45, 7) is 7.44. The minimum atomic E-state index is -3.99. The highest BCUT2D eigenvalue weighted by Crippen LogP contribution is 2.27. The molecule has 8 heteroatoms. The molecule has 2 unspecified atom stereocenters. The van der Waals surface area contributed by atoms with Crippen LogP contribution in [0.3, 0.4) is 0 Å². The van der Waals surface area contributed by atoms with Crippen LogP contribution in [0.1, 0.15) is 39.7 Å². The number of aliphatic hydroxyl groups is 1. The number of hydrogen-bond donors (Lipinski definition) is 3. The smallest absolute Gasteiger partial charge is 0.345 e. The molecule has 0 radical (unpaired) electrons. The van der Waals surface area contributed by atoms with Gasteiger partial charge in [-0.1, -0.05) is 32.9 Å². The molecule has 0 fully saturated rings. The predicted octanol–water partition coefficient (Wildman–Crippen LogP) is 0.819. The second-order valence-electron chi connectivity index (χ2n) is 6.04. The van der Waals surface area contributed by atoms with Crippen molar-refractivity contribution in [1.82, 2.24) is 4.72 Å². The first kappa shape index (κ1) is 19.6. The third-order valence-electron chi connectivity index (χ3n) is 3.96. The number of sulfonamides is 1. The first-order chi connectivity index (χ1) is 10.5. The maximum absolute atomic E-state index is 12.3. The van der Waals surface area contributed by atoms with E-state index in [-0.39, 0.29) is 10.3 Å². The van der Waals surface area contributed by atoms with Crippen LogP contribution in [-0.2, 0) is 25.1 Å². The fraction of sp³-hybridized carbons (Fsp3) is 0.533. The second kappa shape index (κ2) is 7.39. The third-order valence-corrected chi connectivity index (χ3v) is 5.42. The Hall–Kier alpha value is -1.48. The lowest BCUT2D eigenvalue weighted by atomic mass is 9.82. The molecule has 1 aromatic carbocycles. The number of carbonyl (C=O) groups excluding carboxylic acids is 1. The number of rotatable bonds is 7. The normalized spacial score (nSPS) is 15.0. The molecule has 0 bridgehead atoms. The maximum Gasteiger partial charge on any atom is 0.345 e. The number of carbonyl (C=O) groups is 1. The molecule has 130 valence electrons. The highest BCUT2D eigenvalue weighted by molar-refractivity contribution is 7.89. The summed E-state index contributed by atoms with van der Waals surface area (Å²) in [5.41, 5.74) is 0.939. The van der Waals surface area contributed by atoms with E-state index in [4.69, 9.17) is 5.90 Å². The van der Waals surface area contributed by atoms with Gasteiger partial charge in [-0.25, -0.2) is 13.2 Å². The Balaban J connectivity index is 3.07. The molecule has 2 atom stereocenters. The van der Waals surface area contributed by atoms with E-state index in [2.05, 4.69) is 30.3 Å². The largest absolute Gasteiger partial charge is 0.391 e. The summed E-state index contributed by atoms with van der Waals surface area (Å²) in [5.74, 6) is 3.69. The molecule has 0 aromatic heterocycles. The molecule has 7 nitrogen and oxygen atoms in total. The number of benzene rings is 1. The van der Waals surface area contributed by atoms with Crippen LogP contribution in [0.5, 0.6) is 0 Å². The van der Waals surface area contributed by atoms with Crippen LogP contribution in [0.4, 0.5) is 0 Å². The lowest BCUT2D eigenvalue weighted by Crippen LogP contribution is -2.49. The van der Waals surface area contributed by atoms with Crippen LogP contribution in [-0.4, -0.2) is 31.6 Å². The zero-order valence-electron chi connectivity index (χ0n) is 13.7. The molecule has 0 saturated carbocycles. The molecule has 0 aliphatic heterocycles. The molecule has 0 aliphatic rings.